The van der Waals surface area contributed by atoms with Crippen LogP contribution in [0.5, 0.6) is 0 Å². The van der Waals surface area contributed by atoms with Crippen LogP contribution in [0.2, 0.25) is 5.02 Å². The monoisotopic (exact) mass is 202 g/mol. The molecule has 0 aromatic heterocycles. The fourth-order valence-corrected chi connectivity index (χ4v) is 1.38. The Morgan fingerprint density at radius 1 is 1.54 bits per heavy atom. The molecular formula is C10H12ClFO. The van der Waals surface area contributed by atoms with Crippen molar-refractivity contribution in [3.05, 3.63) is 34.6 Å². The van der Waals surface area contributed by atoms with Crippen molar-refractivity contribution in [1.29, 1.82) is 0 Å². The molecule has 0 aliphatic carbocycles. The van der Waals surface area contributed by atoms with Crippen LogP contribution < -0.4 is 0 Å². The molecule has 0 radical (unpaired) electrons. The van der Waals surface area contributed by atoms with Gasteiger partial charge in [-0.15, -0.1) is 0 Å². The van der Waals surface area contributed by atoms with Gasteiger partial charge in [0.25, 0.3) is 0 Å². The van der Waals surface area contributed by atoms with Crippen molar-refractivity contribution in [3.63, 3.8) is 0 Å². The standard InChI is InChI=1S/C10H12ClFO/c1-2-3-10(13)8-6-7(11)4-5-9(8)12/h4-6,10,13H,2-3H2,1H3/t10-/m0/s1. The molecule has 1 aromatic rings. The van der Waals surface area contributed by atoms with Crippen molar-refractivity contribution in [2.45, 2.75) is 25.9 Å². The van der Waals surface area contributed by atoms with Gasteiger partial charge in [0.2, 0.25) is 0 Å². The number of rotatable bonds is 3. The fraction of sp³-hybridized carbons (Fsp3) is 0.400. The largest absolute Gasteiger partial charge is 0.388 e. The molecular weight excluding hydrogens is 191 g/mol. The third-order valence-electron chi connectivity index (χ3n) is 1.88. The van der Waals surface area contributed by atoms with Crippen molar-refractivity contribution < 1.29 is 9.50 Å². The van der Waals surface area contributed by atoms with E-state index in [0.29, 0.717) is 11.4 Å². The van der Waals surface area contributed by atoms with E-state index in [4.69, 9.17) is 11.6 Å². The molecule has 0 bridgehead atoms. The summed E-state index contributed by atoms with van der Waals surface area (Å²) < 4.78 is 13.1. The Morgan fingerprint density at radius 2 is 2.23 bits per heavy atom. The van der Waals surface area contributed by atoms with Crippen LogP contribution in [0.3, 0.4) is 0 Å². The normalized spacial score (nSPS) is 12.9. The quantitative estimate of drug-likeness (QED) is 0.798. The summed E-state index contributed by atoms with van der Waals surface area (Å²) in [4.78, 5) is 0. The third kappa shape index (κ3) is 2.68. The van der Waals surface area contributed by atoms with E-state index < -0.39 is 11.9 Å². The van der Waals surface area contributed by atoms with Crippen LogP contribution in [-0.4, -0.2) is 5.11 Å². The smallest absolute Gasteiger partial charge is 0.129 e. The molecule has 0 aliphatic rings. The first-order chi connectivity index (χ1) is 6.15. The van der Waals surface area contributed by atoms with Crippen LogP contribution in [0.4, 0.5) is 4.39 Å². The molecule has 0 unspecified atom stereocenters. The molecule has 3 heteroatoms. The molecule has 1 rings (SSSR count). The minimum Gasteiger partial charge on any atom is -0.388 e. The predicted molar refractivity (Wildman–Crippen MR) is 51.3 cm³/mol. The second kappa shape index (κ2) is 4.58. The zero-order chi connectivity index (χ0) is 9.84. The molecule has 13 heavy (non-hydrogen) atoms. The van der Waals surface area contributed by atoms with Crippen molar-refractivity contribution in [2.24, 2.45) is 0 Å². The van der Waals surface area contributed by atoms with Gasteiger partial charge in [0.05, 0.1) is 6.10 Å². The van der Waals surface area contributed by atoms with Crippen molar-refractivity contribution in [2.75, 3.05) is 0 Å². The average Bonchev–Trinajstić information content (AvgIpc) is 2.09. The van der Waals surface area contributed by atoms with E-state index in [-0.39, 0.29) is 5.56 Å². The second-order valence-electron chi connectivity index (χ2n) is 2.97. The van der Waals surface area contributed by atoms with Crippen LogP contribution in [0.25, 0.3) is 0 Å². The molecule has 1 atom stereocenters. The highest BCUT2D eigenvalue weighted by Gasteiger charge is 2.11. The lowest BCUT2D eigenvalue weighted by molar-refractivity contribution is 0.162. The molecule has 0 heterocycles. The molecule has 0 saturated carbocycles. The van der Waals surface area contributed by atoms with Crippen molar-refractivity contribution in [3.8, 4) is 0 Å². The summed E-state index contributed by atoms with van der Waals surface area (Å²) in [7, 11) is 0. The van der Waals surface area contributed by atoms with E-state index in [1.807, 2.05) is 6.92 Å². The summed E-state index contributed by atoms with van der Waals surface area (Å²) in [6, 6.07) is 4.22. The lowest BCUT2D eigenvalue weighted by atomic mass is 10.1. The number of hydrogen-bond donors (Lipinski definition) is 1. The zero-order valence-electron chi connectivity index (χ0n) is 7.43. The van der Waals surface area contributed by atoms with Gasteiger partial charge in [0, 0.05) is 10.6 Å². The van der Waals surface area contributed by atoms with Crippen LogP contribution in [-0.2, 0) is 0 Å². The van der Waals surface area contributed by atoms with E-state index in [0.717, 1.165) is 6.42 Å². The SMILES string of the molecule is CCC[C@H](O)c1cc(Cl)ccc1F. The van der Waals surface area contributed by atoms with Gasteiger partial charge >= 0.3 is 0 Å². The van der Waals surface area contributed by atoms with Gasteiger partial charge in [0.1, 0.15) is 5.82 Å². The molecule has 72 valence electrons. The molecule has 1 aromatic carbocycles. The summed E-state index contributed by atoms with van der Waals surface area (Å²) in [6.45, 7) is 1.94. The van der Waals surface area contributed by atoms with Gasteiger partial charge in [-0.05, 0) is 24.6 Å². The first-order valence-electron chi connectivity index (χ1n) is 4.28. The highest BCUT2D eigenvalue weighted by atomic mass is 35.5. The molecule has 0 aliphatic heterocycles. The maximum Gasteiger partial charge on any atom is 0.129 e. The van der Waals surface area contributed by atoms with Crippen molar-refractivity contribution in [1.82, 2.24) is 0 Å². The van der Waals surface area contributed by atoms with E-state index in [1.165, 1.54) is 18.2 Å². The number of hydrogen-bond acceptors (Lipinski definition) is 1. The van der Waals surface area contributed by atoms with Gasteiger partial charge in [-0.1, -0.05) is 24.9 Å². The van der Waals surface area contributed by atoms with Gasteiger partial charge in [0.15, 0.2) is 0 Å². The van der Waals surface area contributed by atoms with E-state index >= 15 is 0 Å². The Bertz CT molecular complexity index is 288. The van der Waals surface area contributed by atoms with Crippen LogP contribution in [0, 0.1) is 5.82 Å². The summed E-state index contributed by atoms with van der Waals surface area (Å²) in [5, 5.41) is 9.98. The Labute approximate surface area is 82.2 Å². The third-order valence-corrected chi connectivity index (χ3v) is 2.11. The topological polar surface area (TPSA) is 20.2 Å². The van der Waals surface area contributed by atoms with E-state index in [1.54, 1.807) is 0 Å². The maximum atomic E-state index is 13.1. The summed E-state index contributed by atoms with van der Waals surface area (Å²) in [6.07, 6.45) is 0.619. The summed E-state index contributed by atoms with van der Waals surface area (Å²) in [5.74, 6) is -0.398. The summed E-state index contributed by atoms with van der Waals surface area (Å²) in [5.41, 5.74) is 0.286. The van der Waals surface area contributed by atoms with Crippen LogP contribution in [0.1, 0.15) is 31.4 Å². The second-order valence-corrected chi connectivity index (χ2v) is 3.41. The minimum absolute atomic E-state index is 0.286. The lowest BCUT2D eigenvalue weighted by Crippen LogP contribution is -1.99. The highest BCUT2D eigenvalue weighted by molar-refractivity contribution is 6.30. The Balaban J connectivity index is 2.91. The lowest BCUT2D eigenvalue weighted by Gasteiger charge is -2.10. The van der Waals surface area contributed by atoms with Gasteiger partial charge in [-0.2, -0.15) is 0 Å². The van der Waals surface area contributed by atoms with E-state index in [9.17, 15) is 9.50 Å². The molecule has 0 fully saturated rings. The molecule has 0 amide bonds. The summed E-state index contributed by atoms with van der Waals surface area (Å²) >= 11 is 5.68. The molecule has 1 nitrogen and oxygen atoms in total. The number of aliphatic hydroxyl groups is 1. The van der Waals surface area contributed by atoms with Crippen molar-refractivity contribution >= 4 is 11.6 Å². The first-order valence-corrected chi connectivity index (χ1v) is 4.66. The van der Waals surface area contributed by atoms with Crippen LogP contribution in [0.15, 0.2) is 18.2 Å². The van der Waals surface area contributed by atoms with Gasteiger partial charge in [-0.25, -0.2) is 4.39 Å². The minimum atomic E-state index is -0.747. The molecule has 0 saturated heterocycles. The van der Waals surface area contributed by atoms with Gasteiger partial charge < -0.3 is 5.11 Å². The van der Waals surface area contributed by atoms with Crippen LogP contribution >= 0.6 is 11.6 Å². The first kappa shape index (κ1) is 10.5. The Kier molecular flexibility index (Phi) is 3.70. The number of aliphatic hydroxyl groups excluding tert-OH is 1. The predicted octanol–water partition coefficient (Wildman–Crippen LogP) is 3.31. The Hall–Kier alpha value is -0.600. The number of benzene rings is 1. The zero-order valence-corrected chi connectivity index (χ0v) is 8.18. The molecule has 1 N–H and O–H groups in total. The molecule has 0 spiro atoms. The average molecular weight is 203 g/mol. The highest BCUT2D eigenvalue weighted by Crippen LogP contribution is 2.24. The maximum absolute atomic E-state index is 13.1. The van der Waals surface area contributed by atoms with Gasteiger partial charge in [-0.3, -0.25) is 0 Å². The Morgan fingerprint density at radius 3 is 2.85 bits per heavy atom. The fourth-order valence-electron chi connectivity index (χ4n) is 1.20. The van der Waals surface area contributed by atoms with E-state index in [2.05, 4.69) is 0 Å². The number of halogens is 2.